The summed E-state index contributed by atoms with van der Waals surface area (Å²) < 4.78 is 0. The van der Waals surface area contributed by atoms with Gasteiger partial charge in [0.1, 0.15) is 0 Å². The minimum Gasteiger partial charge on any atom is -0.313 e. The highest BCUT2D eigenvalue weighted by Gasteiger charge is 2.31. The first-order valence-corrected chi connectivity index (χ1v) is 8.30. The maximum absolute atomic E-state index is 12.9. The summed E-state index contributed by atoms with van der Waals surface area (Å²) in [7, 11) is 0. The summed E-state index contributed by atoms with van der Waals surface area (Å²) in [4.78, 5) is 14.9. The molecule has 0 spiro atoms. The van der Waals surface area contributed by atoms with Gasteiger partial charge in [0, 0.05) is 24.2 Å². The maximum Gasteiger partial charge on any atom is 0.228 e. The molecule has 1 amide bonds. The third-order valence-corrected chi connectivity index (χ3v) is 5.12. The van der Waals surface area contributed by atoms with E-state index in [0.29, 0.717) is 24.4 Å². The number of amides is 1. The van der Waals surface area contributed by atoms with Crippen LogP contribution in [0.1, 0.15) is 45.1 Å². The molecule has 3 nitrogen and oxygen atoms in total. The number of hydrogen-bond donors (Lipinski definition) is 1. The van der Waals surface area contributed by atoms with Crippen molar-refractivity contribution in [3.05, 3.63) is 29.8 Å². The lowest BCUT2D eigenvalue weighted by Gasteiger charge is -2.37. The van der Waals surface area contributed by atoms with Crippen molar-refractivity contribution in [2.45, 2.75) is 58.0 Å². The van der Waals surface area contributed by atoms with Crippen LogP contribution in [0.15, 0.2) is 24.3 Å². The first kappa shape index (κ1) is 14.6. The molecule has 0 aromatic heterocycles. The predicted molar refractivity (Wildman–Crippen MR) is 86.5 cm³/mol. The highest BCUT2D eigenvalue weighted by molar-refractivity contribution is 5.95. The van der Waals surface area contributed by atoms with Crippen LogP contribution in [-0.2, 0) is 11.2 Å². The Morgan fingerprint density at radius 2 is 2.10 bits per heavy atom. The van der Waals surface area contributed by atoms with E-state index < -0.39 is 0 Å². The highest BCUT2D eigenvalue weighted by atomic mass is 16.2. The molecule has 3 rings (SSSR count). The number of benzene rings is 1. The number of piperidine rings is 1. The monoisotopic (exact) mass is 286 g/mol. The van der Waals surface area contributed by atoms with Gasteiger partial charge in [0.05, 0.1) is 0 Å². The summed E-state index contributed by atoms with van der Waals surface area (Å²) in [5.74, 6) is 0.874. The van der Waals surface area contributed by atoms with Gasteiger partial charge in [-0.25, -0.2) is 0 Å². The van der Waals surface area contributed by atoms with E-state index in [9.17, 15) is 4.79 Å². The minimum absolute atomic E-state index is 0.279. The Bertz CT molecular complexity index is 514. The third-order valence-electron chi connectivity index (χ3n) is 5.12. The molecular formula is C18H26N2O. The highest BCUT2D eigenvalue weighted by Crippen LogP contribution is 2.31. The number of fused-ring (bicyclic) bond motifs is 1. The SMILES string of the molecule is CC1CCCNC1CC(=O)N1c2ccccc2CCC1C. The van der Waals surface area contributed by atoms with Gasteiger partial charge in [0.2, 0.25) is 5.91 Å². The van der Waals surface area contributed by atoms with Crippen LogP contribution >= 0.6 is 0 Å². The Balaban J connectivity index is 1.77. The predicted octanol–water partition coefficient (Wildman–Crippen LogP) is 3.13. The molecule has 21 heavy (non-hydrogen) atoms. The first-order valence-electron chi connectivity index (χ1n) is 8.30. The van der Waals surface area contributed by atoms with E-state index in [-0.39, 0.29) is 5.91 Å². The second-order valence-electron chi connectivity index (χ2n) is 6.66. The zero-order valence-electron chi connectivity index (χ0n) is 13.1. The first-order chi connectivity index (χ1) is 10.2. The number of hydrogen-bond acceptors (Lipinski definition) is 2. The number of carbonyl (C=O) groups excluding carboxylic acids is 1. The lowest BCUT2D eigenvalue weighted by molar-refractivity contribution is -0.120. The van der Waals surface area contributed by atoms with E-state index in [1.54, 1.807) is 0 Å². The third kappa shape index (κ3) is 2.98. The number of nitrogens with zero attached hydrogens (tertiary/aromatic N) is 1. The van der Waals surface area contributed by atoms with E-state index in [4.69, 9.17) is 0 Å². The summed E-state index contributed by atoms with van der Waals surface area (Å²) in [6.45, 7) is 5.48. The van der Waals surface area contributed by atoms with Crippen molar-refractivity contribution in [1.82, 2.24) is 5.32 Å². The fourth-order valence-corrected chi connectivity index (χ4v) is 3.74. The van der Waals surface area contributed by atoms with Gasteiger partial charge >= 0.3 is 0 Å². The van der Waals surface area contributed by atoms with E-state index in [0.717, 1.165) is 25.1 Å². The molecule has 1 N–H and O–H groups in total. The largest absolute Gasteiger partial charge is 0.313 e. The van der Waals surface area contributed by atoms with Crippen LogP contribution in [0.4, 0.5) is 5.69 Å². The fourth-order valence-electron chi connectivity index (χ4n) is 3.74. The molecule has 1 aromatic carbocycles. The Hall–Kier alpha value is -1.35. The summed E-state index contributed by atoms with van der Waals surface area (Å²) in [6, 6.07) is 9.02. The standard InChI is InChI=1S/C18H26N2O/c1-13-6-5-11-19-16(13)12-18(21)20-14(2)9-10-15-7-3-4-8-17(15)20/h3-4,7-8,13-14,16,19H,5-6,9-12H2,1-2H3. The molecule has 3 atom stereocenters. The summed E-state index contributed by atoms with van der Waals surface area (Å²) >= 11 is 0. The summed E-state index contributed by atoms with van der Waals surface area (Å²) in [6.07, 6.45) is 5.24. The van der Waals surface area contributed by atoms with Gasteiger partial charge in [-0.15, -0.1) is 0 Å². The van der Waals surface area contributed by atoms with Gasteiger partial charge in [-0.05, 0) is 56.7 Å². The van der Waals surface area contributed by atoms with Crippen LogP contribution < -0.4 is 10.2 Å². The van der Waals surface area contributed by atoms with Gasteiger partial charge in [-0.3, -0.25) is 4.79 Å². The van der Waals surface area contributed by atoms with Crippen molar-refractivity contribution in [3.63, 3.8) is 0 Å². The smallest absolute Gasteiger partial charge is 0.228 e. The molecular weight excluding hydrogens is 260 g/mol. The second kappa shape index (κ2) is 6.18. The van der Waals surface area contributed by atoms with Crippen LogP contribution in [0, 0.1) is 5.92 Å². The molecule has 1 fully saturated rings. The van der Waals surface area contributed by atoms with Crippen molar-refractivity contribution in [2.24, 2.45) is 5.92 Å². The quantitative estimate of drug-likeness (QED) is 0.906. The van der Waals surface area contributed by atoms with Crippen LogP contribution in [0.5, 0.6) is 0 Å². The Labute approximate surface area is 127 Å². The van der Waals surface area contributed by atoms with E-state index >= 15 is 0 Å². The number of rotatable bonds is 2. The van der Waals surface area contributed by atoms with Crippen LogP contribution in [0.2, 0.25) is 0 Å². The topological polar surface area (TPSA) is 32.3 Å². The molecule has 3 heteroatoms. The van der Waals surface area contributed by atoms with Crippen molar-refractivity contribution in [1.29, 1.82) is 0 Å². The normalized spacial score (nSPS) is 29.0. The van der Waals surface area contributed by atoms with E-state index in [2.05, 4.69) is 37.4 Å². The van der Waals surface area contributed by atoms with Crippen molar-refractivity contribution in [2.75, 3.05) is 11.4 Å². The lowest BCUT2D eigenvalue weighted by atomic mass is 9.89. The average molecular weight is 286 g/mol. The molecule has 0 saturated carbocycles. The molecule has 0 aliphatic carbocycles. The molecule has 1 aromatic rings. The Morgan fingerprint density at radius 1 is 1.29 bits per heavy atom. The van der Waals surface area contributed by atoms with Gasteiger partial charge in [0.25, 0.3) is 0 Å². The number of carbonyl (C=O) groups is 1. The number of nitrogens with one attached hydrogen (secondary N) is 1. The Morgan fingerprint density at radius 3 is 2.90 bits per heavy atom. The van der Waals surface area contributed by atoms with Gasteiger partial charge < -0.3 is 10.2 Å². The van der Waals surface area contributed by atoms with Crippen LogP contribution in [0.3, 0.4) is 0 Å². The summed E-state index contributed by atoms with van der Waals surface area (Å²) in [5.41, 5.74) is 2.44. The molecule has 0 bridgehead atoms. The zero-order valence-corrected chi connectivity index (χ0v) is 13.1. The van der Waals surface area contributed by atoms with Crippen LogP contribution in [0.25, 0.3) is 0 Å². The Kier molecular flexibility index (Phi) is 4.29. The van der Waals surface area contributed by atoms with E-state index in [1.165, 1.54) is 18.4 Å². The second-order valence-corrected chi connectivity index (χ2v) is 6.66. The van der Waals surface area contributed by atoms with Gasteiger partial charge in [0.15, 0.2) is 0 Å². The molecule has 1 saturated heterocycles. The molecule has 2 heterocycles. The average Bonchev–Trinajstić information content (AvgIpc) is 2.49. The molecule has 3 unspecified atom stereocenters. The molecule has 2 aliphatic heterocycles. The lowest BCUT2D eigenvalue weighted by Crippen LogP contribution is -2.48. The maximum atomic E-state index is 12.9. The van der Waals surface area contributed by atoms with Crippen molar-refractivity contribution >= 4 is 11.6 Å². The van der Waals surface area contributed by atoms with Gasteiger partial charge in [-0.2, -0.15) is 0 Å². The zero-order chi connectivity index (χ0) is 14.8. The number of anilines is 1. The molecule has 0 radical (unpaired) electrons. The summed E-state index contributed by atoms with van der Waals surface area (Å²) in [5, 5.41) is 3.53. The number of aryl methyl sites for hydroxylation is 1. The minimum atomic E-state index is 0.279. The van der Waals surface area contributed by atoms with Gasteiger partial charge in [-0.1, -0.05) is 25.1 Å². The molecule has 2 aliphatic rings. The van der Waals surface area contributed by atoms with Crippen LogP contribution in [-0.4, -0.2) is 24.5 Å². The van der Waals surface area contributed by atoms with E-state index in [1.807, 2.05) is 11.0 Å². The molecule has 114 valence electrons. The van der Waals surface area contributed by atoms with Crippen molar-refractivity contribution < 1.29 is 4.79 Å². The fraction of sp³-hybridized carbons (Fsp3) is 0.611. The van der Waals surface area contributed by atoms with Crippen molar-refractivity contribution in [3.8, 4) is 0 Å². The number of para-hydroxylation sites is 1.